The molecular formula is C23H17N5O4. The summed E-state index contributed by atoms with van der Waals surface area (Å²) in [5, 5.41) is 16.5. The molecule has 9 heteroatoms. The number of rotatable bonds is 5. The van der Waals surface area contributed by atoms with Gasteiger partial charge in [0.05, 0.1) is 34.0 Å². The van der Waals surface area contributed by atoms with Crippen molar-refractivity contribution in [2.45, 2.75) is 6.92 Å². The van der Waals surface area contributed by atoms with E-state index in [1.807, 2.05) is 55.5 Å². The number of hydrazone groups is 1. The minimum absolute atomic E-state index is 0.0258. The van der Waals surface area contributed by atoms with Gasteiger partial charge in [0.25, 0.3) is 5.69 Å². The van der Waals surface area contributed by atoms with Gasteiger partial charge < -0.3 is 9.47 Å². The summed E-state index contributed by atoms with van der Waals surface area (Å²) in [6, 6.07) is 18.6. The van der Waals surface area contributed by atoms with Crippen molar-refractivity contribution in [3.8, 4) is 22.8 Å². The molecule has 1 N–H and O–H groups in total. The second-order valence-corrected chi connectivity index (χ2v) is 7.17. The van der Waals surface area contributed by atoms with E-state index in [1.54, 1.807) is 0 Å². The zero-order chi connectivity index (χ0) is 22.1. The van der Waals surface area contributed by atoms with E-state index in [0.717, 1.165) is 27.7 Å². The van der Waals surface area contributed by atoms with Gasteiger partial charge in [-0.05, 0) is 25.1 Å². The zero-order valence-electron chi connectivity index (χ0n) is 17.0. The van der Waals surface area contributed by atoms with Crippen LogP contribution in [0.4, 0.5) is 11.6 Å². The van der Waals surface area contributed by atoms with Gasteiger partial charge in [-0.2, -0.15) is 5.10 Å². The van der Waals surface area contributed by atoms with Crippen molar-refractivity contribution in [1.82, 2.24) is 9.97 Å². The van der Waals surface area contributed by atoms with Crippen molar-refractivity contribution in [2.75, 3.05) is 12.2 Å². The van der Waals surface area contributed by atoms with E-state index in [9.17, 15) is 10.1 Å². The molecule has 0 saturated carbocycles. The summed E-state index contributed by atoms with van der Waals surface area (Å²) >= 11 is 0. The normalized spacial score (nSPS) is 12.4. The number of nitrogens with one attached hydrogen (secondary N) is 1. The second-order valence-electron chi connectivity index (χ2n) is 7.17. The lowest BCUT2D eigenvalue weighted by Crippen LogP contribution is -2.01. The fourth-order valence-corrected chi connectivity index (χ4v) is 3.48. The maximum Gasteiger partial charge on any atom is 0.282 e. The predicted molar refractivity (Wildman–Crippen MR) is 120 cm³/mol. The van der Waals surface area contributed by atoms with Gasteiger partial charge in [-0.25, -0.2) is 15.4 Å². The number of fused-ring (bicyclic) bond motifs is 2. The molecule has 0 aliphatic carbocycles. The van der Waals surface area contributed by atoms with Crippen LogP contribution in [0.25, 0.3) is 22.2 Å². The average molecular weight is 427 g/mol. The molecule has 0 bridgehead atoms. The highest BCUT2D eigenvalue weighted by Crippen LogP contribution is 2.37. The Balaban J connectivity index is 1.51. The van der Waals surface area contributed by atoms with Crippen LogP contribution in [0.1, 0.15) is 11.1 Å². The standard InChI is InChI=1S/C23H17N5O4/c1-14-7-8-18-17(9-14)22(15-5-3-2-4-6-15)26-23(25-18)27-24-12-16-10-20-21(32-13-31-20)11-19(16)28(29)30/h2-12H,13H2,1H3,(H,25,26,27)/b24-12+. The number of anilines is 1. The van der Waals surface area contributed by atoms with Crippen LogP contribution in [0, 0.1) is 17.0 Å². The number of ether oxygens (including phenoxy) is 2. The second kappa shape index (κ2) is 7.95. The molecule has 0 spiro atoms. The molecule has 0 amide bonds. The van der Waals surface area contributed by atoms with Crippen molar-refractivity contribution in [3.63, 3.8) is 0 Å². The minimum atomic E-state index is -0.494. The third kappa shape index (κ3) is 3.67. The molecule has 3 aromatic carbocycles. The van der Waals surface area contributed by atoms with E-state index < -0.39 is 4.92 Å². The number of hydrogen-bond donors (Lipinski definition) is 1. The maximum atomic E-state index is 11.4. The lowest BCUT2D eigenvalue weighted by Gasteiger charge is -2.09. The van der Waals surface area contributed by atoms with E-state index in [1.165, 1.54) is 18.3 Å². The third-order valence-corrected chi connectivity index (χ3v) is 4.99. The molecular weight excluding hydrogens is 410 g/mol. The third-order valence-electron chi connectivity index (χ3n) is 4.99. The first-order valence-electron chi connectivity index (χ1n) is 9.79. The number of aromatic nitrogens is 2. The molecule has 0 unspecified atom stereocenters. The first kappa shape index (κ1) is 19.4. The smallest absolute Gasteiger partial charge is 0.282 e. The molecule has 1 aliphatic rings. The Morgan fingerprint density at radius 1 is 1.06 bits per heavy atom. The van der Waals surface area contributed by atoms with Gasteiger partial charge in [0, 0.05) is 10.9 Å². The fourth-order valence-electron chi connectivity index (χ4n) is 3.48. The molecule has 0 atom stereocenters. The highest BCUT2D eigenvalue weighted by atomic mass is 16.7. The highest BCUT2D eigenvalue weighted by Gasteiger charge is 2.22. The van der Waals surface area contributed by atoms with Gasteiger partial charge >= 0.3 is 0 Å². The van der Waals surface area contributed by atoms with Crippen LogP contribution in [0.3, 0.4) is 0 Å². The molecule has 2 heterocycles. The zero-order valence-corrected chi connectivity index (χ0v) is 17.0. The summed E-state index contributed by atoms with van der Waals surface area (Å²) in [7, 11) is 0. The summed E-state index contributed by atoms with van der Waals surface area (Å²) in [6.07, 6.45) is 1.34. The van der Waals surface area contributed by atoms with Gasteiger partial charge in [-0.15, -0.1) is 0 Å². The summed E-state index contributed by atoms with van der Waals surface area (Å²) in [6.45, 7) is 2.04. The molecule has 1 aliphatic heterocycles. The Morgan fingerprint density at radius 3 is 2.62 bits per heavy atom. The van der Waals surface area contributed by atoms with Crippen LogP contribution >= 0.6 is 0 Å². The van der Waals surface area contributed by atoms with Crippen LogP contribution in [0.2, 0.25) is 0 Å². The molecule has 32 heavy (non-hydrogen) atoms. The van der Waals surface area contributed by atoms with Crippen molar-refractivity contribution in [1.29, 1.82) is 0 Å². The summed E-state index contributed by atoms with van der Waals surface area (Å²) < 4.78 is 10.5. The lowest BCUT2D eigenvalue weighted by atomic mass is 10.0. The van der Waals surface area contributed by atoms with Gasteiger partial charge in [-0.3, -0.25) is 10.1 Å². The first-order valence-corrected chi connectivity index (χ1v) is 9.79. The van der Waals surface area contributed by atoms with Crippen LogP contribution < -0.4 is 14.9 Å². The largest absolute Gasteiger partial charge is 0.454 e. The number of aryl methyl sites for hydroxylation is 1. The monoisotopic (exact) mass is 427 g/mol. The van der Waals surface area contributed by atoms with E-state index in [0.29, 0.717) is 11.5 Å². The molecule has 4 aromatic rings. The van der Waals surface area contributed by atoms with Gasteiger partial charge in [0.15, 0.2) is 11.5 Å². The topological polar surface area (TPSA) is 112 Å². The Morgan fingerprint density at radius 2 is 1.84 bits per heavy atom. The molecule has 5 rings (SSSR count). The number of hydrogen-bond acceptors (Lipinski definition) is 8. The number of nitro benzene ring substituents is 1. The lowest BCUT2D eigenvalue weighted by molar-refractivity contribution is -0.385. The van der Waals surface area contributed by atoms with Crippen molar-refractivity contribution in [2.24, 2.45) is 5.10 Å². The Bertz CT molecular complexity index is 1370. The number of benzene rings is 3. The molecule has 9 nitrogen and oxygen atoms in total. The van der Waals surface area contributed by atoms with Crippen molar-refractivity contribution in [3.05, 3.63) is 81.9 Å². The number of nitro groups is 1. The van der Waals surface area contributed by atoms with Crippen LogP contribution in [-0.4, -0.2) is 27.9 Å². The van der Waals surface area contributed by atoms with Gasteiger partial charge in [0.2, 0.25) is 12.7 Å². The molecule has 0 saturated heterocycles. The van der Waals surface area contributed by atoms with E-state index in [2.05, 4.69) is 20.5 Å². The van der Waals surface area contributed by atoms with Crippen molar-refractivity contribution < 1.29 is 14.4 Å². The molecule has 158 valence electrons. The Labute approximate surface area is 182 Å². The Kier molecular flexibility index (Phi) is 4.83. The first-order chi connectivity index (χ1) is 15.6. The minimum Gasteiger partial charge on any atom is -0.454 e. The van der Waals surface area contributed by atoms with Crippen LogP contribution in [0.5, 0.6) is 11.5 Å². The van der Waals surface area contributed by atoms with E-state index in [4.69, 9.17) is 9.47 Å². The number of nitrogens with zero attached hydrogens (tertiary/aromatic N) is 4. The van der Waals surface area contributed by atoms with Crippen LogP contribution in [0.15, 0.2) is 65.8 Å². The highest BCUT2D eigenvalue weighted by molar-refractivity contribution is 5.93. The SMILES string of the molecule is Cc1ccc2nc(N/N=C/c3cc4c(cc3[N+](=O)[O-])OCO4)nc(-c3ccccc3)c2c1. The summed E-state index contributed by atoms with van der Waals surface area (Å²) in [5.74, 6) is 1.04. The van der Waals surface area contributed by atoms with Gasteiger partial charge in [0.1, 0.15) is 0 Å². The van der Waals surface area contributed by atoms with Crippen LogP contribution in [-0.2, 0) is 0 Å². The van der Waals surface area contributed by atoms with Crippen molar-refractivity contribution >= 4 is 28.8 Å². The summed E-state index contributed by atoms with van der Waals surface area (Å²) in [4.78, 5) is 20.1. The fraction of sp³-hybridized carbons (Fsp3) is 0.0870. The average Bonchev–Trinajstić information content (AvgIpc) is 3.26. The van der Waals surface area contributed by atoms with E-state index >= 15 is 0 Å². The summed E-state index contributed by atoms with van der Waals surface area (Å²) in [5.41, 5.74) is 6.51. The maximum absolute atomic E-state index is 11.4. The van der Waals surface area contributed by atoms with Gasteiger partial charge in [-0.1, -0.05) is 42.0 Å². The predicted octanol–water partition coefficient (Wildman–Crippen LogP) is 4.69. The molecule has 1 aromatic heterocycles. The Hall–Kier alpha value is -4.53. The van der Waals surface area contributed by atoms with E-state index in [-0.39, 0.29) is 24.0 Å². The molecule has 0 radical (unpaired) electrons. The quantitative estimate of drug-likeness (QED) is 0.279. The molecule has 0 fully saturated rings.